The lowest BCUT2D eigenvalue weighted by molar-refractivity contribution is 0.461. The third-order valence-corrected chi connectivity index (χ3v) is 4.78. The second-order valence-electron chi connectivity index (χ2n) is 5.52. The van der Waals surface area contributed by atoms with Gasteiger partial charge in [-0.2, -0.15) is 0 Å². The highest BCUT2D eigenvalue weighted by molar-refractivity contribution is 9.10. The van der Waals surface area contributed by atoms with E-state index in [2.05, 4.69) is 76.7 Å². The van der Waals surface area contributed by atoms with Crippen LogP contribution in [0.5, 0.6) is 0 Å². The third-order valence-electron chi connectivity index (χ3n) is 4.25. The molecule has 2 aromatic carbocycles. The first-order valence-corrected chi connectivity index (χ1v) is 8.14. The zero-order valence-electron chi connectivity index (χ0n) is 11.8. The minimum atomic E-state index is 0.455. The van der Waals surface area contributed by atoms with Crippen LogP contribution in [-0.2, 0) is 6.42 Å². The highest BCUT2D eigenvalue weighted by atomic mass is 79.9. The molecule has 20 heavy (non-hydrogen) atoms. The van der Waals surface area contributed by atoms with Crippen LogP contribution in [0, 0.1) is 0 Å². The highest BCUT2D eigenvalue weighted by Gasteiger charge is 2.25. The Bertz CT molecular complexity index is 576. The van der Waals surface area contributed by atoms with Gasteiger partial charge in [-0.05, 0) is 41.7 Å². The van der Waals surface area contributed by atoms with Crippen molar-refractivity contribution in [1.82, 2.24) is 5.32 Å². The molecule has 1 aliphatic carbocycles. The minimum absolute atomic E-state index is 0.455. The fraction of sp³-hybridized carbons (Fsp3) is 0.333. The van der Waals surface area contributed by atoms with Gasteiger partial charge in [-0.3, -0.25) is 0 Å². The fourth-order valence-corrected chi connectivity index (χ4v) is 3.29. The molecule has 0 heterocycles. The molecule has 0 saturated carbocycles. The third kappa shape index (κ3) is 2.82. The summed E-state index contributed by atoms with van der Waals surface area (Å²) < 4.78 is 1.14. The molecule has 2 aromatic rings. The number of fused-ring (bicyclic) bond motifs is 1. The maximum Gasteiger partial charge on any atom is 0.0317 e. The average Bonchev–Trinajstić information content (AvgIpc) is 2.45. The van der Waals surface area contributed by atoms with Crippen LogP contribution in [0.1, 0.15) is 42.0 Å². The molecule has 0 aromatic heterocycles. The van der Waals surface area contributed by atoms with E-state index in [4.69, 9.17) is 0 Å². The summed E-state index contributed by atoms with van der Waals surface area (Å²) in [5, 5.41) is 3.73. The van der Waals surface area contributed by atoms with Crippen molar-refractivity contribution in [3.05, 3.63) is 69.7 Å². The lowest BCUT2D eigenvalue weighted by atomic mass is 9.77. The van der Waals surface area contributed by atoms with Crippen molar-refractivity contribution in [3.8, 4) is 0 Å². The number of halogens is 1. The van der Waals surface area contributed by atoms with Gasteiger partial charge in [-0.25, -0.2) is 0 Å². The lowest BCUT2D eigenvalue weighted by Crippen LogP contribution is -2.31. The van der Waals surface area contributed by atoms with Crippen LogP contribution in [0.4, 0.5) is 0 Å². The molecule has 0 amide bonds. The van der Waals surface area contributed by atoms with Crippen molar-refractivity contribution in [1.29, 1.82) is 0 Å². The molecule has 1 aliphatic rings. The van der Waals surface area contributed by atoms with Crippen LogP contribution in [-0.4, -0.2) is 6.54 Å². The van der Waals surface area contributed by atoms with Crippen LogP contribution in [0.15, 0.2) is 53.0 Å². The molecule has 2 atom stereocenters. The van der Waals surface area contributed by atoms with Gasteiger partial charge in [0.15, 0.2) is 0 Å². The molecule has 1 nitrogen and oxygen atoms in total. The first kappa shape index (κ1) is 13.8. The highest BCUT2D eigenvalue weighted by Crippen LogP contribution is 2.34. The number of hydrogen-bond donors (Lipinski definition) is 1. The van der Waals surface area contributed by atoms with Gasteiger partial charge in [0.25, 0.3) is 0 Å². The molecule has 0 aliphatic heterocycles. The van der Waals surface area contributed by atoms with E-state index in [-0.39, 0.29) is 0 Å². The van der Waals surface area contributed by atoms with Gasteiger partial charge >= 0.3 is 0 Å². The second-order valence-corrected chi connectivity index (χ2v) is 6.44. The van der Waals surface area contributed by atoms with Crippen molar-refractivity contribution >= 4 is 15.9 Å². The van der Waals surface area contributed by atoms with Gasteiger partial charge in [-0.1, -0.05) is 59.3 Å². The largest absolute Gasteiger partial charge is 0.309 e. The predicted octanol–water partition coefficient (Wildman–Crippen LogP) is 4.83. The molecule has 0 spiro atoms. The van der Waals surface area contributed by atoms with Gasteiger partial charge in [0.05, 0.1) is 0 Å². The zero-order valence-corrected chi connectivity index (χ0v) is 13.4. The zero-order chi connectivity index (χ0) is 13.9. The Kier molecular flexibility index (Phi) is 4.23. The van der Waals surface area contributed by atoms with Gasteiger partial charge < -0.3 is 5.32 Å². The topological polar surface area (TPSA) is 12.0 Å². The monoisotopic (exact) mass is 329 g/mol. The summed E-state index contributed by atoms with van der Waals surface area (Å²) in [5.41, 5.74) is 4.44. The van der Waals surface area contributed by atoms with E-state index in [1.165, 1.54) is 23.1 Å². The quantitative estimate of drug-likeness (QED) is 0.828. The van der Waals surface area contributed by atoms with Gasteiger partial charge in [0.2, 0.25) is 0 Å². The Morgan fingerprint density at radius 3 is 2.60 bits per heavy atom. The van der Waals surface area contributed by atoms with Gasteiger partial charge in [0.1, 0.15) is 0 Å². The summed E-state index contributed by atoms with van der Waals surface area (Å²) in [4.78, 5) is 0. The maximum absolute atomic E-state index is 3.73. The molecule has 104 valence electrons. The smallest absolute Gasteiger partial charge is 0.0317 e. The Balaban J connectivity index is 1.61. The Labute approximate surface area is 129 Å². The fourth-order valence-electron chi connectivity index (χ4n) is 3.02. The maximum atomic E-state index is 3.73. The molecule has 1 N–H and O–H groups in total. The summed E-state index contributed by atoms with van der Waals surface area (Å²) in [7, 11) is 0. The van der Waals surface area contributed by atoms with Crippen LogP contribution < -0.4 is 5.32 Å². The van der Waals surface area contributed by atoms with Gasteiger partial charge in [-0.15, -0.1) is 0 Å². The molecule has 0 fully saturated rings. The van der Waals surface area contributed by atoms with Crippen LogP contribution in [0.2, 0.25) is 0 Å². The lowest BCUT2D eigenvalue weighted by Gasteiger charge is -2.32. The summed E-state index contributed by atoms with van der Waals surface area (Å²) in [6, 6.07) is 17.9. The summed E-state index contributed by atoms with van der Waals surface area (Å²) >= 11 is 3.50. The Hall–Kier alpha value is -1.12. The molecule has 0 bridgehead atoms. The van der Waals surface area contributed by atoms with E-state index < -0.39 is 0 Å². The molecule has 2 heteroatoms. The molecule has 3 rings (SSSR count). The van der Waals surface area contributed by atoms with E-state index in [1.54, 1.807) is 0 Å². The Morgan fingerprint density at radius 2 is 1.90 bits per heavy atom. The number of hydrogen-bond acceptors (Lipinski definition) is 1. The standard InChI is InChI=1S/C18H20BrN/c1-2-18(13-7-9-16(19)10-8-13)20-12-15-11-14-5-3-4-6-17(14)15/h3-10,15,18,20H,2,11-12H2,1H3. The van der Waals surface area contributed by atoms with Crippen molar-refractivity contribution in [2.75, 3.05) is 6.54 Å². The van der Waals surface area contributed by atoms with Crippen molar-refractivity contribution in [2.24, 2.45) is 0 Å². The van der Waals surface area contributed by atoms with E-state index >= 15 is 0 Å². The molecule has 0 radical (unpaired) electrons. The number of benzene rings is 2. The first-order chi connectivity index (χ1) is 9.78. The molecule has 2 unspecified atom stereocenters. The SMILES string of the molecule is CCC(NCC1Cc2ccccc21)c1ccc(Br)cc1. The molecule has 0 saturated heterocycles. The summed E-state index contributed by atoms with van der Waals surface area (Å²) in [5.74, 6) is 0.690. The van der Waals surface area contributed by atoms with E-state index in [0.29, 0.717) is 12.0 Å². The Morgan fingerprint density at radius 1 is 1.15 bits per heavy atom. The van der Waals surface area contributed by atoms with Gasteiger partial charge in [0, 0.05) is 23.0 Å². The summed E-state index contributed by atoms with van der Waals surface area (Å²) in [6.45, 7) is 3.32. The van der Waals surface area contributed by atoms with Crippen LogP contribution in [0.3, 0.4) is 0 Å². The van der Waals surface area contributed by atoms with E-state index in [1.807, 2.05) is 0 Å². The number of nitrogens with one attached hydrogen (secondary N) is 1. The van der Waals surface area contributed by atoms with E-state index in [9.17, 15) is 0 Å². The average molecular weight is 330 g/mol. The number of rotatable bonds is 5. The van der Waals surface area contributed by atoms with Crippen molar-refractivity contribution < 1.29 is 0 Å². The second kappa shape index (κ2) is 6.11. The predicted molar refractivity (Wildman–Crippen MR) is 88.1 cm³/mol. The van der Waals surface area contributed by atoms with Crippen LogP contribution in [0.25, 0.3) is 0 Å². The molecular weight excluding hydrogens is 310 g/mol. The summed E-state index contributed by atoms with van der Waals surface area (Å²) in [6.07, 6.45) is 2.34. The normalized spacial score (nSPS) is 18.2. The van der Waals surface area contributed by atoms with E-state index in [0.717, 1.165) is 17.4 Å². The minimum Gasteiger partial charge on any atom is -0.309 e. The first-order valence-electron chi connectivity index (χ1n) is 7.34. The van der Waals surface area contributed by atoms with Crippen molar-refractivity contribution in [3.63, 3.8) is 0 Å². The van der Waals surface area contributed by atoms with Crippen molar-refractivity contribution in [2.45, 2.75) is 31.7 Å². The van der Waals surface area contributed by atoms with Crippen LogP contribution >= 0.6 is 15.9 Å². The molecular formula is C18H20BrN.